The summed E-state index contributed by atoms with van der Waals surface area (Å²) >= 11 is 0. The van der Waals surface area contributed by atoms with Gasteiger partial charge in [-0.2, -0.15) is 0 Å². The van der Waals surface area contributed by atoms with Gasteiger partial charge in [-0.3, -0.25) is 9.38 Å². The van der Waals surface area contributed by atoms with Crippen molar-refractivity contribution < 1.29 is 9.47 Å². The Hall–Kier alpha value is -2.71. The lowest BCUT2D eigenvalue weighted by molar-refractivity contribution is -0.120. The van der Waals surface area contributed by atoms with Crippen molar-refractivity contribution in [3.05, 3.63) is 36.9 Å². The molecule has 2 aliphatic rings. The first-order chi connectivity index (χ1) is 14.2. The molecule has 0 spiro atoms. The van der Waals surface area contributed by atoms with Gasteiger partial charge in [-0.15, -0.1) is 0 Å². The predicted molar refractivity (Wildman–Crippen MR) is 110 cm³/mol. The molecule has 0 aromatic carbocycles. The third kappa shape index (κ3) is 3.90. The molecular weight excluding hydrogens is 368 g/mol. The van der Waals surface area contributed by atoms with Crippen LogP contribution in [-0.2, 0) is 4.74 Å². The summed E-state index contributed by atoms with van der Waals surface area (Å²) in [5.41, 5.74) is 2.64. The molecule has 3 aromatic heterocycles. The van der Waals surface area contributed by atoms with E-state index in [-0.39, 0.29) is 5.41 Å². The van der Waals surface area contributed by atoms with Crippen molar-refractivity contribution in [3.63, 3.8) is 0 Å². The summed E-state index contributed by atoms with van der Waals surface area (Å²) < 4.78 is 13.3. The zero-order valence-corrected chi connectivity index (χ0v) is 16.6. The molecule has 29 heavy (non-hydrogen) atoms. The molecule has 8 nitrogen and oxygen atoms in total. The summed E-state index contributed by atoms with van der Waals surface area (Å²) in [4.78, 5) is 13.7. The van der Waals surface area contributed by atoms with E-state index in [9.17, 15) is 0 Å². The largest absolute Gasteiger partial charge is 0.493 e. The number of imidazole rings is 1. The standard InChI is InChI=1S/C21H26N6O2/c1-21(12-28-13-21)14-29-16-4-6-27-18(10-24-20(27)7-16)17-9-23-11-19(26-17)25-15-3-2-5-22-8-15/h4,6-7,9-11,15,22H,2-3,5,8,12-14H2,1H3,(H,25,26). The Morgan fingerprint density at radius 1 is 1.34 bits per heavy atom. The van der Waals surface area contributed by atoms with Crippen molar-refractivity contribution in [2.75, 3.05) is 38.2 Å². The summed E-state index contributed by atoms with van der Waals surface area (Å²) in [7, 11) is 0. The monoisotopic (exact) mass is 394 g/mol. The Morgan fingerprint density at radius 2 is 2.28 bits per heavy atom. The van der Waals surface area contributed by atoms with Crippen LogP contribution in [0.3, 0.4) is 0 Å². The van der Waals surface area contributed by atoms with Crippen molar-refractivity contribution in [2.45, 2.75) is 25.8 Å². The van der Waals surface area contributed by atoms with E-state index in [1.807, 2.05) is 28.9 Å². The van der Waals surface area contributed by atoms with Crippen LogP contribution in [0.15, 0.2) is 36.9 Å². The SMILES string of the molecule is CC1(COc2ccn3c(-c4cncc(NC5CCCNC5)n4)cnc3c2)COC1. The Morgan fingerprint density at radius 3 is 3.07 bits per heavy atom. The number of hydrogen-bond acceptors (Lipinski definition) is 7. The molecule has 5 heterocycles. The molecule has 0 saturated carbocycles. The summed E-state index contributed by atoms with van der Waals surface area (Å²) in [6, 6.07) is 4.30. The molecule has 0 radical (unpaired) electrons. The van der Waals surface area contributed by atoms with Gasteiger partial charge in [0.05, 0.1) is 44.1 Å². The highest BCUT2D eigenvalue weighted by Crippen LogP contribution is 2.28. The van der Waals surface area contributed by atoms with Crippen molar-refractivity contribution in [3.8, 4) is 17.1 Å². The van der Waals surface area contributed by atoms with E-state index >= 15 is 0 Å². The number of pyridine rings is 1. The van der Waals surface area contributed by atoms with Gasteiger partial charge in [-0.1, -0.05) is 6.92 Å². The Balaban J connectivity index is 1.34. The highest BCUT2D eigenvalue weighted by molar-refractivity contribution is 5.61. The number of rotatable bonds is 6. The molecule has 2 aliphatic heterocycles. The van der Waals surface area contributed by atoms with E-state index < -0.39 is 0 Å². The quantitative estimate of drug-likeness (QED) is 0.664. The van der Waals surface area contributed by atoms with Crippen LogP contribution in [0.4, 0.5) is 5.82 Å². The Labute approximate surface area is 169 Å². The van der Waals surface area contributed by atoms with Gasteiger partial charge in [0.25, 0.3) is 0 Å². The maximum Gasteiger partial charge on any atom is 0.145 e. The van der Waals surface area contributed by atoms with E-state index in [2.05, 4.69) is 27.5 Å². The van der Waals surface area contributed by atoms with E-state index in [1.165, 1.54) is 6.42 Å². The number of anilines is 1. The van der Waals surface area contributed by atoms with Crippen molar-refractivity contribution in [1.29, 1.82) is 0 Å². The van der Waals surface area contributed by atoms with Gasteiger partial charge in [0, 0.05) is 30.3 Å². The van der Waals surface area contributed by atoms with Crippen LogP contribution in [0.1, 0.15) is 19.8 Å². The number of piperidine rings is 1. The first-order valence-corrected chi connectivity index (χ1v) is 10.2. The van der Waals surface area contributed by atoms with Crippen LogP contribution in [0.25, 0.3) is 17.0 Å². The van der Waals surface area contributed by atoms with Crippen LogP contribution >= 0.6 is 0 Å². The lowest BCUT2D eigenvalue weighted by atomic mass is 9.90. The van der Waals surface area contributed by atoms with Crippen LogP contribution in [0, 0.1) is 5.41 Å². The minimum Gasteiger partial charge on any atom is -0.493 e. The maximum atomic E-state index is 5.96. The van der Waals surface area contributed by atoms with Crippen LogP contribution in [-0.4, -0.2) is 58.3 Å². The van der Waals surface area contributed by atoms with Crippen LogP contribution < -0.4 is 15.4 Å². The van der Waals surface area contributed by atoms with Crippen LogP contribution in [0.2, 0.25) is 0 Å². The van der Waals surface area contributed by atoms with Crippen molar-refractivity contribution >= 4 is 11.5 Å². The second-order valence-electron chi connectivity index (χ2n) is 8.30. The van der Waals surface area contributed by atoms with Gasteiger partial charge in [-0.25, -0.2) is 9.97 Å². The van der Waals surface area contributed by atoms with Gasteiger partial charge in [0.15, 0.2) is 0 Å². The molecule has 3 aromatic rings. The second kappa shape index (κ2) is 7.61. The molecule has 0 bridgehead atoms. The number of fused-ring (bicyclic) bond motifs is 1. The lowest BCUT2D eigenvalue weighted by Crippen LogP contribution is -2.44. The number of aromatic nitrogens is 4. The molecule has 0 aliphatic carbocycles. The van der Waals surface area contributed by atoms with E-state index in [0.29, 0.717) is 12.6 Å². The van der Waals surface area contributed by atoms with Gasteiger partial charge in [-0.05, 0) is 25.5 Å². The summed E-state index contributed by atoms with van der Waals surface area (Å²) in [5.74, 6) is 1.61. The lowest BCUT2D eigenvalue weighted by Gasteiger charge is -2.37. The fraction of sp³-hybridized carbons (Fsp3) is 0.476. The molecule has 2 N–H and O–H groups in total. The molecule has 2 saturated heterocycles. The minimum absolute atomic E-state index is 0.115. The number of hydrogen-bond donors (Lipinski definition) is 2. The van der Waals surface area contributed by atoms with Crippen LogP contribution in [0.5, 0.6) is 5.75 Å². The first-order valence-electron chi connectivity index (χ1n) is 10.2. The average molecular weight is 394 g/mol. The molecular formula is C21H26N6O2. The summed E-state index contributed by atoms with van der Waals surface area (Å²) in [5, 5.41) is 6.90. The van der Waals surface area contributed by atoms with Gasteiger partial charge >= 0.3 is 0 Å². The minimum atomic E-state index is 0.115. The molecule has 1 unspecified atom stereocenters. The fourth-order valence-electron chi connectivity index (χ4n) is 3.78. The number of ether oxygens (including phenoxy) is 2. The fourth-order valence-corrected chi connectivity index (χ4v) is 3.78. The third-order valence-electron chi connectivity index (χ3n) is 5.52. The maximum absolute atomic E-state index is 5.96. The molecule has 2 fully saturated rings. The normalized spacial score (nSPS) is 20.9. The van der Waals surface area contributed by atoms with E-state index in [1.54, 1.807) is 12.4 Å². The van der Waals surface area contributed by atoms with Crippen molar-refractivity contribution in [2.24, 2.45) is 5.41 Å². The summed E-state index contributed by atoms with van der Waals surface area (Å²) in [6.07, 6.45) is 9.67. The first kappa shape index (κ1) is 18.3. The summed E-state index contributed by atoms with van der Waals surface area (Å²) in [6.45, 7) is 6.36. The van der Waals surface area contributed by atoms with Crippen molar-refractivity contribution in [1.82, 2.24) is 24.7 Å². The third-order valence-corrected chi connectivity index (χ3v) is 5.52. The van der Waals surface area contributed by atoms with Gasteiger partial charge in [0.2, 0.25) is 0 Å². The second-order valence-corrected chi connectivity index (χ2v) is 8.30. The van der Waals surface area contributed by atoms with E-state index in [0.717, 1.165) is 61.3 Å². The van der Waals surface area contributed by atoms with Gasteiger partial charge < -0.3 is 20.1 Å². The zero-order chi connectivity index (χ0) is 19.7. The number of nitrogens with zero attached hydrogens (tertiary/aromatic N) is 4. The van der Waals surface area contributed by atoms with Gasteiger partial charge in [0.1, 0.15) is 22.9 Å². The predicted octanol–water partition coefficient (Wildman–Crippen LogP) is 2.37. The highest BCUT2D eigenvalue weighted by Gasteiger charge is 2.34. The Kier molecular flexibility index (Phi) is 4.81. The number of nitrogens with one attached hydrogen (secondary N) is 2. The topological polar surface area (TPSA) is 85.6 Å². The molecule has 0 amide bonds. The van der Waals surface area contributed by atoms with E-state index in [4.69, 9.17) is 14.5 Å². The zero-order valence-electron chi connectivity index (χ0n) is 16.6. The Bertz CT molecular complexity index is 994. The smallest absolute Gasteiger partial charge is 0.145 e. The molecule has 5 rings (SSSR count). The highest BCUT2D eigenvalue weighted by atomic mass is 16.5. The molecule has 152 valence electrons. The average Bonchev–Trinajstić information content (AvgIpc) is 3.15. The molecule has 1 atom stereocenters. The molecule has 8 heteroatoms.